The molecule has 2 nitrogen and oxygen atoms in total. The summed E-state index contributed by atoms with van der Waals surface area (Å²) in [5.41, 5.74) is 2.24. The van der Waals surface area contributed by atoms with Gasteiger partial charge in [0.1, 0.15) is 5.82 Å². The molecule has 0 aliphatic carbocycles. The number of aromatic nitrogens is 1. The van der Waals surface area contributed by atoms with Crippen LogP contribution in [0.1, 0.15) is 5.56 Å². The van der Waals surface area contributed by atoms with Gasteiger partial charge in [-0.15, -0.1) is 0 Å². The molecule has 1 aromatic carbocycles. The van der Waals surface area contributed by atoms with Crippen molar-refractivity contribution in [2.24, 2.45) is 0 Å². The third-order valence-corrected chi connectivity index (χ3v) is 2.75. The average Bonchev–Trinajstić information content (AvgIpc) is 2.17. The number of pyridine rings is 1. The van der Waals surface area contributed by atoms with Crippen molar-refractivity contribution in [1.29, 1.82) is 0 Å². The molecule has 0 spiro atoms. The van der Waals surface area contributed by atoms with Crippen LogP contribution in [0, 0.1) is 6.92 Å². The van der Waals surface area contributed by atoms with Crippen molar-refractivity contribution < 1.29 is 0 Å². The van der Waals surface area contributed by atoms with Crippen LogP contribution in [0.2, 0.25) is 0 Å². The molecule has 0 saturated carbocycles. The summed E-state index contributed by atoms with van der Waals surface area (Å²) in [5, 5.41) is 4.19. The molecular formula is C11H11BrN2. The number of nitrogens with one attached hydrogen (secondary N) is 1. The molecule has 0 aliphatic heterocycles. The Morgan fingerprint density at radius 2 is 2.07 bits per heavy atom. The fourth-order valence-electron chi connectivity index (χ4n) is 1.47. The van der Waals surface area contributed by atoms with Gasteiger partial charge in [0.25, 0.3) is 0 Å². The average molecular weight is 251 g/mol. The van der Waals surface area contributed by atoms with Crippen molar-refractivity contribution in [3.05, 3.63) is 34.3 Å². The Morgan fingerprint density at radius 3 is 2.79 bits per heavy atom. The number of aryl methyl sites for hydroxylation is 1. The molecular weight excluding hydrogens is 240 g/mol. The predicted octanol–water partition coefficient (Wildman–Crippen LogP) is 3.35. The molecule has 0 atom stereocenters. The highest BCUT2D eigenvalue weighted by Gasteiger charge is 2.02. The van der Waals surface area contributed by atoms with E-state index in [0.29, 0.717) is 0 Å². The molecule has 0 aliphatic rings. The largest absolute Gasteiger partial charge is 0.373 e. The number of benzene rings is 1. The van der Waals surface area contributed by atoms with Crippen LogP contribution in [-0.2, 0) is 0 Å². The lowest BCUT2D eigenvalue weighted by Crippen LogP contribution is -1.92. The SMILES string of the molecule is CNc1ccc2cc(C)cc(Br)c2n1. The Kier molecular flexibility index (Phi) is 2.42. The zero-order valence-corrected chi connectivity index (χ0v) is 9.72. The molecule has 3 heteroatoms. The molecule has 2 rings (SSSR count). The maximum absolute atomic E-state index is 4.48. The zero-order valence-electron chi connectivity index (χ0n) is 8.13. The molecule has 0 unspecified atom stereocenters. The highest BCUT2D eigenvalue weighted by atomic mass is 79.9. The quantitative estimate of drug-likeness (QED) is 0.840. The number of nitrogens with zero attached hydrogens (tertiary/aromatic N) is 1. The Morgan fingerprint density at radius 1 is 1.29 bits per heavy atom. The van der Waals surface area contributed by atoms with E-state index in [1.54, 1.807) is 0 Å². The minimum Gasteiger partial charge on any atom is -0.373 e. The second kappa shape index (κ2) is 3.58. The van der Waals surface area contributed by atoms with Crippen molar-refractivity contribution in [3.8, 4) is 0 Å². The Bertz CT molecular complexity index is 480. The third-order valence-electron chi connectivity index (χ3n) is 2.15. The Balaban J connectivity index is 2.75. The van der Waals surface area contributed by atoms with Crippen LogP contribution in [0.15, 0.2) is 28.7 Å². The lowest BCUT2D eigenvalue weighted by molar-refractivity contribution is 1.33. The van der Waals surface area contributed by atoms with Gasteiger partial charge in [-0.2, -0.15) is 0 Å². The van der Waals surface area contributed by atoms with E-state index in [1.165, 1.54) is 5.56 Å². The number of hydrogen-bond donors (Lipinski definition) is 1. The molecule has 0 saturated heterocycles. The van der Waals surface area contributed by atoms with Gasteiger partial charge < -0.3 is 5.32 Å². The van der Waals surface area contributed by atoms with Gasteiger partial charge >= 0.3 is 0 Å². The summed E-state index contributed by atoms with van der Waals surface area (Å²) < 4.78 is 1.05. The second-order valence-electron chi connectivity index (χ2n) is 3.26. The molecule has 14 heavy (non-hydrogen) atoms. The van der Waals surface area contributed by atoms with Gasteiger partial charge in [-0.05, 0) is 52.7 Å². The third kappa shape index (κ3) is 1.60. The van der Waals surface area contributed by atoms with E-state index >= 15 is 0 Å². The van der Waals surface area contributed by atoms with Crippen molar-refractivity contribution >= 4 is 32.7 Å². The Labute approximate surface area is 91.5 Å². The summed E-state index contributed by atoms with van der Waals surface area (Å²) in [5.74, 6) is 0.891. The molecule has 1 N–H and O–H groups in total. The van der Waals surface area contributed by atoms with Crippen molar-refractivity contribution in [2.45, 2.75) is 6.92 Å². The van der Waals surface area contributed by atoms with Gasteiger partial charge in [0.05, 0.1) is 5.52 Å². The summed E-state index contributed by atoms with van der Waals surface area (Å²) in [6, 6.07) is 8.27. The van der Waals surface area contributed by atoms with Crippen LogP contribution in [0.4, 0.5) is 5.82 Å². The lowest BCUT2D eigenvalue weighted by Gasteiger charge is -2.04. The first kappa shape index (κ1) is 9.46. The summed E-state index contributed by atoms with van der Waals surface area (Å²) in [7, 11) is 1.87. The maximum atomic E-state index is 4.48. The predicted molar refractivity (Wildman–Crippen MR) is 63.7 cm³/mol. The van der Waals surface area contributed by atoms with Gasteiger partial charge in [0.2, 0.25) is 0 Å². The second-order valence-corrected chi connectivity index (χ2v) is 4.12. The monoisotopic (exact) mass is 250 g/mol. The molecule has 1 aromatic heterocycles. The van der Waals surface area contributed by atoms with Gasteiger partial charge in [-0.25, -0.2) is 4.98 Å². The van der Waals surface area contributed by atoms with E-state index in [0.717, 1.165) is 21.2 Å². The van der Waals surface area contributed by atoms with E-state index < -0.39 is 0 Å². The fraction of sp³-hybridized carbons (Fsp3) is 0.182. The van der Waals surface area contributed by atoms with E-state index in [4.69, 9.17) is 0 Å². The zero-order chi connectivity index (χ0) is 10.1. The van der Waals surface area contributed by atoms with Crippen molar-refractivity contribution in [3.63, 3.8) is 0 Å². The number of fused-ring (bicyclic) bond motifs is 1. The van der Waals surface area contributed by atoms with Crippen LogP contribution in [0.3, 0.4) is 0 Å². The molecule has 0 amide bonds. The smallest absolute Gasteiger partial charge is 0.126 e. The van der Waals surface area contributed by atoms with E-state index in [9.17, 15) is 0 Å². The standard InChI is InChI=1S/C11H11BrN2/c1-7-5-8-3-4-10(13-2)14-11(8)9(12)6-7/h3-6H,1-2H3,(H,13,14). The number of rotatable bonds is 1. The van der Waals surface area contributed by atoms with Gasteiger partial charge in [0, 0.05) is 16.9 Å². The van der Waals surface area contributed by atoms with Gasteiger partial charge in [0.15, 0.2) is 0 Å². The lowest BCUT2D eigenvalue weighted by atomic mass is 10.1. The minimum atomic E-state index is 0.891. The molecule has 0 bridgehead atoms. The molecule has 1 heterocycles. The molecule has 2 aromatic rings. The minimum absolute atomic E-state index is 0.891. The summed E-state index contributed by atoms with van der Waals surface area (Å²) in [4.78, 5) is 4.48. The maximum Gasteiger partial charge on any atom is 0.126 e. The first-order valence-electron chi connectivity index (χ1n) is 4.45. The molecule has 0 radical (unpaired) electrons. The van der Waals surface area contributed by atoms with E-state index in [1.807, 2.05) is 13.1 Å². The number of halogens is 1. The van der Waals surface area contributed by atoms with Crippen LogP contribution in [-0.4, -0.2) is 12.0 Å². The van der Waals surface area contributed by atoms with Gasteiger partial charge in [-0.3, -0.25) is 0 Å². The summed E-state index contributed by atoms with van der Waals surface area (Å²) >= 11 is 3.52. The highest BCUT2D eigenvalue weighted by Crippen LogP contribution is 2.25. The first-order chi connectivity index (χ1) is 6.70. The van der Waals surface area contributed by atoms with Crippen molar-refractivity contribution in [1.82, 2.24) is 4.98 Å². The van der Waals surface area contributed by atoms with Crippen LogP contribution < -0.4 is 5.32 Å². The fourth-order valence-corrected chi connectivity index (χ4v) is 2.15. The first-order valence-corrected chi connectivity index (χ1v) is 5.24. The molecule has 72 valence electrons. The topological polar surface area (TPSA) is 24.9 Å². The normalized spacial score (nSPS) is 10.5. The highest BCUT2D eigenvalue weighted by molar-refractivity contribution is 9.10. The van der Waals surface area contributed by atoms with E-state index in [2.05, 4.69) is 51.4 Å². The summed E-state index contributed by atoms with van der Waals surface area (Å²) in [6.45, 7) is 2.08. The van der Waals surface area contributed by atoms with Crippen LogP contribution >= 0.6 is 15.9 Å². The van der Waals surface area contributed by atoms with Crippen molar-refractivity contribution in [2.75, 3.05) is 12.4 Å². The van der Waals surface area contributed by atoms with Crippen LogP contribution in [0.5, 0.6) is 0 Å². The summed E-state index contributed by atoms with van der Waals surface area (Å²) in [6.07, 6.45) is 0. The van der Waals surface area contributed by atoms with E-state index in [-0.39, 0.29) is 0 Å². The number of anilines is 1. The van der Waals surface area contributed by atoms with Crippen LogP contribution in [0.25, 0.3) is 10.9 Å². The van der Waals surface area contributed by atoms with Gasteiger partial charge in [-0.1, -0.05) is 0 Å². The molecule has 0 fully saturated rings. The Hall–Kier alpha value is -1.09. The number of hydrogen-bond acceptors (Lipinski definition) is 2.